The first-order valence-corrected chi connectivity index (χ1v) is 20.7. The van der Waals surface area contributed by atoms with E-state index in [1.54, 1.807) is 14.2 Å². The van der Waals surface area contributed by atoms with E-state index in [1.807, 2.05) is 18.2 Å². The normalized spacial score (nSPS) is 19.2. The maximum absolute atomic E-state index is 10.0. The Morgan fingerprint density at radius 1 is 0.672 bits per heavy atom. The summed E-state index contributed by atoms with van der Waals surface area (Å²) in [7, 11) is 3.41. The Hall–Kier alpha value is -5.52. The molecular weight excluding hydrogens is 717 g/mol. The molecule has 2 aliphatic carbocycles. The molecule has 1 saturated carbocycles. The molecule has 0 aromatic heterocycles. The summed E-state index contributed by atoms with van der Waals surface area (Å²) in [4.78, 5) is 0. The van der Waals surface area contributed by atoms with Crippen LogP contribution in [0.5, 0.6) is 23.0 Å². The van der Waals surface area contributed by atoms with Crippen molar-refractivity contribution >= 4 is 16.8 Å². The number of ether oxygens (including phenoxy) is 4. The first-order chi connectivity index (χ1) is 28.0. The summed E-state index contributed by atoms with van der Waals surface area (Å²) in [6.45, 7) is 12.5. The van der Waals surface area contributed by atoms with E-state index in [1.165, 1.54) is 22.3 Å². The first-order valence-electron chi connectivity index (χ1n) is 20.7. The molecule has 1 fully saturated rings. The molecule has 1 atom stereocenters. The summed E-state index contributed by atoms with van der Waals surface area (Å²) < 4.78 is 26.1. The highest BCUT2D eigenvalue weighted by Gasteiger charge is 2.55. The predicted octanol–water partition coefficient (Wildman–Crippen LogP) is 12.7. The monoisotopic (exact) mass is 770 g/mol. The highest BCUT2D eigenvalue weighted by Crippen LogP contribution is 2.67. The first kappa shape index (κ1) is 38.0. The van der Waals surface area contributed by atoms with Crippen molar-refractivity contribution in [2.75, 3.05) is 20.8 Å². The Bertz CT molecular complexity index is 2550. The molecule has 0 radical (unpaired) electrons. The zero-order chi connectivity index (χ0) is 40.5. The fourth-order valence-electron chi connectivity index (χ4n) is 11.3. The minimum atomic E-state index is -0.919. The lowest BCUT2D eigenvalue weighted by Crippen LogP contribution is -2.44. The summed E-state index contributed by atoms with van der Waals surface area (Å²) in [5, 5.41) is 12.1. The van der Waals surface area contributed by atoms with Crippen LogP contribution in [0, 0.1) is 10.8 Å². The van der Waals surface area contributed by atoms with Crippen LogP contribution in [0.15, 0.2) is 115 Å². The van der Waals surface area contributed by atoms with Crippen molar-refractivity contribution in [1.29, 1.82) is 0 Å². The number of hydrogen-bond acceptors (Lipinski definition) is 5. The van der Waals surface area contributed by atoms with Gasteiger partial charge in [0.2, 0.25) is 0 Å². The number of fused-ring (bicyclic) bond motifs is 10. The van der Waals surface area contributed by atoms with Gasteiger partial charge in [-0.15, -0.1) is 0 Å². The third kappa shape index (κ3) is 6.00. The third-order valence-electron chi connectivity index (χ3n) is 12.8. The van der Waals surface area contributed by atoms with Gasteiger partial charge in [-0.2, -0.15) is 0 Å². The van der Waals surface area contributed by atoms with Crippen molar-refractivity contribution in [2.45, 2.75) is 77.9 Å². The molecule has 296 valence electrons. The molecule has 0 amide bonds. The van der Waals surface area contributed by atoms with Gasteiger partial charge in [0.25, 0.3) is 0 Å². The summed E-state index contributed by atoms with van der Waals surface area (Å²) in [6, 6.07) is 38.5. The van der Waals surface area contributed by atoms with E-state index in [-0.39, 0.29) is 22.9 Å². The number of hydrogen-bond donors (Lipinski definition) is 1. The second kappa shape index (κ2) is 14.1. The standard InChI is InChI=1S/C53H54O5/c1-8-26-57-37-21-19-36(20-22-37)53(35-14-10-9-11-15-35)25-24-40-48-47(39-16-12-13-17-44(39)52(48)32-50(2,3)31-51(4,5)33-52)42-28-41(46(56-7)29-43(42)49(40)58-53)38-23-18-34(30-54)27-45(38)55-6/h9-25,27-29,54H,8,26,30-33H2,1-7H3. The van der Waals surface area contributed by atoms with Crippen molar-refractivity contribution in [3.63, 3.8) is 0 Å². The van der Waals surface area contributed by atoms with Gasteiger partial charge in [-0.3, -0.25) is 0 Å². The van der Waals surface area contributed by atoms with E-state index in [9.17, 15) is 5.11 Å². The maximum atomic E-state index is 10.0. The van der Waals surface area contributed by atoms with Gasteiger partial charge in [-0.25, -0.2) is 0 Å². The average molecular weight is 771 g/mol. The lowest BCUT2D eigenvalue weighted by atomic mass is 9.52. The van der Waals surface area contributed by atoms with Gasteiger partial charge in [0.15, 0.2) is 5.60 Å². The van der Waals surface area contributed by atoms with E-state index >= 15 is 0 Å². The van der Waals surface area contributed by atoms with Gasteiger partial charge in [-0.05, 0) is 106 Å². The quantitative estimate of drug-likeness (QED) is 0.159. The Balaban J connectivity index is 1.39. The number of aliphatic hydroxyl groups is 1. The minimum absolute atomic E-state index is 0.0702. The molecule has 5 heteroatoms. The van der Waals surface area contributed by atoms with Gasteiger partial charge in [0.1, 0.15) is 23.0 Å². The second-order valence-corrected chi connectivity index (χ2v) is 18.2. The lowest BCUT2D eigenvalue weighted by Gasteiger charge is -2.52. The van der Waals surface area contributed by atoms with E-state index in [0.717, 1.165) is 81.3 Å². The van der Waals surface area contributed by atoms with E-state index in [2.05, 4.69) is 138 Å². The molecule has 1 aliphatic heterocycles. The zero-order valence-electron chi connectivity index (χ0n) is 34.9. The van der Waals surface area contributed by atoms with Crippen molar-refractivity contribution < 1.29 is 24.1 Å². The van der Waals surface area contributed by atoms with E-state index in [4.69, 9.17) is 18.9 Å². The van der Waals surface area contributed by atoms with Gasteiger partial charge < -0.3 is 24.1 Å². The molecule has 1 unspecified atom stereocenters. The van der Waals surface area contributed by atoms with Crippen LogP contribution >= 0.6 is 0 Å². The van der Waals surface area contributed by atoms with Crippen molar-refractivity contribution in [1.82, 2.24) is 0 Å². The van der Waals surface area contributed by atoms with Gasteiger partial charge in [-0.1, -0.05) is 120 Å². The average Bonchev–Trinajstić information content (AvgIpc) is 3.49. The number of methoxy groups -OCH3 is 2. The van der Waals surface area contributed by atoms with E-state index in [0.29, 0.717) is 18.1 Å². The van der Waals surface area contributed by atoms with Crippen LogP contribution in [-0.2, 0) is 17.6 Å². The van der Waals surface area contributed by atoms with Crippen molar-refractivity contribution in [3.05, 3.63) is 149 Å². The molecule has 3 aliphatic rings. The highest BCUT2D eigenvalue weighted by atomic mass is 16.5. The topological polar surface area (TPSA) is 57.2 Å². The summed E-state index contributed by atoms with van der Waals surface area (Å²) in [5.41, 5.74) is 10.2. The Labute approximate surface area is 343 Å². The molecule has 58 heavy (non-hydrogen) atoms. The molecule has 6 aromatic rings. The smallest absolute Gasteiger partial charge is 0.178 e. The lowest BCUT2D eigenvalue weighted by molar-refractivity contribution is 0.0642. The SMILES string of the molecule is CCCOc1ccc(C2(c3ccccc3)C=Cc3c4c(c5cc(-c6ccc(CO)cc6OC)c(OC)cc5c3O2)-c2ccccc2C42CC(C)(C)CC(C)(C)C2)cc1. The maximum Gasteiger partial charge on any atom is 0.178 e. The molecular formula is C53H54O5. The van der Waals surface area contributed by atoms with Gasteiger partial charge in [0, 0.05) is 38.6 Å². The van der Waals surface area contributed by atoms with Crippen LogP contribution in [0.1, 0.15) is 93.7 Å². The second-order valence-electron chi connectivity index (χ2n) is 18.2. The Morgan fingerprint density at radius 3 is 2.03 bits per heavy atom. The van der Waals surface area contributed by atoms with Crippen LogP contribution in [0.25, 0.3) is 39.1 Å². The number of rotatable bonds is 9. The predicted molar refractivity (Wildman–Crippen MR) is 235 cm³/mol. The number of aliphatic hydroxyl groups excluding tert-OH is 1. The molecule has 6 aromatic carbocycles. The largest absolute Gasteiger partial charge is 0.496 e. The van der Waals surface area contributed by atoms with E-state index < -0.39 is 5.60 Å². The fourth-order valence-corrected chi connectivity index (χ4v) is 11.3. The summed E-state index contributed by atoms with van der Waals surface area (Å²) in [6.07, 6.45) is 8.81. The van der Waals surface area contributed by atoms with Gasteiger partial charge >= 0.3 is 0 Å². The van der Waals surface area contributed by atoms with Gasteiger partial charge in [0.05, 0.1) is 27.4 Å². The molecule has 1 spiro atoms. The van der Waals surface area contributed by atoms with Crippen LogP contribution in [0.4, 0.5) is 0 Å². The highest BCUT2D eigenvalue weighted by molar-refractivity contribution is 6.11. The van der Waals surface area contributed by atoms with Crippen LogP contribution in [-0.4, -0.2) is 25.9 Å². The molecule has 9 rings (SSSR count). The fraction of sp³-hybridized carbons (Fsp3) is 0.321. The molecule has 1 N–H and O–H groups in total. The van der Waals surface area contributed by atoms with Crippen LogP contribution in [0.3, 0.4) is 0 Å². The third-order valence-corrected chi connectivity index (χ3v) is 12.8. The summed E-state index contributed by atoms with van der Waals surface area (Å²) in [5.74, 6) is 3.10. The van der Waals surface area contributed by atoms with Crippen LogP contribution < -0.4 is 18.9 Å². The number of benzene rings is 6. The minimum Gasteiger partial charge on any atom is -0.496 e. The zero-order valence-corrected chi connectivity index (χ0v) is 34.9. The molecule has 1 heterocycles. The van der Waals surface area contributed by atoms with Crippen LogP contribution in [0.2, 0.25) is 0 Å². The summed E-state index contributed by atoms with van der Waals surface area (Å²) >= 11 is 0. The molecule has 0 saturated heterocycles. The van der Waals surface area contributed by atoms with Crippen molar-refractivity contribution in [3.8, 4) is 45.3 Å². The Morgan fingerprint density at radius 2 is 1.34 bits per heavy atom. The molecule has 0 bridgehead atoms. The molecule has 5 nitrogen and oxygen atoms in total. The Kier molecular flexibility index (Phi) is 9.24. The van der Waals surface area contributed by atoms with Crippen molar-refractivity contribution in [2.24, 2.45) is 10.8 Å².